The molecule has 0 amide bonds. The van der Waals surface area contributed by atoms with Crippen LogP contribution in [0.25, 0.3) is 10.9 Å². The average molecular weight is 261 g/mol. The molecule has 0 saturated heterocycles. The van der Waals surface area contributed by atoms with Gasteiger partial charge in [0.05, 0.1) is 18.0 Å². The molecule has 4 nitrogen and oxygen atoms in total. The molecular weight excluding hydrogens is 242 g/mol. The SMILES string of the molecule is COc1cc(C)cc2c(C(C)(C)C(=O)O)cn(C)c12. The van der Waals surface area contributed by atoms with E-state index in [9.17, 15) is 9.90 Å². The third kappa shape index (κ3) is 1.97. The second-order valence-electron chi connectivity index (χ2n) is 5.45. The molecule has 1 N–H and O–H groups in total. The summed E-state index contributed by atoms with van der Waals surface area (Å²) in [6, 6.07) is 3.97. The van der Waals surface area contributed by atoms with Crippen LogP contribution in [0.5, 0.6) is 5.75 Å². The van der Waals surface area contributed by atoms with Gasteiger partial charge in [-0.25, -0.2) is 0 Å². The van der Waals surface area contributed by atoms with Crippen LogP contribution in [0.1, 0.15) is 25.0 Å². The number of ether oxygens (including phenoxy) is 1. The number of carboxylic acid groups (broad SMARTS) is 1. The summed E-state index contributed by atoms with van der Waals surface area (Å²) in [6.07, 6.45) is 1.88. The van der Waals surface area contributed by atoms with Gasteiger partial charge in [0, 0.05) is 18.6 Å². The Balaban J connectivity index is 2.86. The molecule has 2 rings (SSSR count). The first kappa shape index (κ1) is 13.5. The van der Waals surface area contributed by atoms with Gasteiger partial charge in [0.1, 0.15) is 5.75 Å². The first-order chi connectivity index (χ1) is 8.78. The van der Waals surface area contributed by atoms with E-state index < -0.39 is 11.4 Å². The highest BCUT2D eigenvalue weighted by atomic mass is 16.5. The zero-order valence-corrected chi connectivity index (χ0v) is 11.9. The molecule has 2 aromatic rings. The minimum Gasteiger partial charge on any atom is -0.495 e. The van der Waals surface area contributed by atoms with Crippen LogP contribution in [0.3, 0.4) is 0 Å². The van der Waals surface area contributed by atoms with E-state index in [1.165, 1.54) is 0 Å². The number of aryl methyl sites for hydroxylation is 2. The number of benzene rings is 1. The molecule has 0 aliphatic carbocycles. The molecule has 0 saturated carbocycles. The third-order valence-electron chi connectivity index (χ3n) is 3.61. The van der Waals surface area contributed by atoms with Gasteiger partial charge in [-0.2, -0.15) is 0 Å². The van der Waals surface area contributed by atoms with Crippen molar-refractivity contribution in [1.82, 2.24) is 4.57 Å². The van der Waals surface area contributed by atoms with Crippen LogP contribution in [-0.2, 0) is 17.3 Å². The maximum absolute atomic E-state index is 11.5. The maximum atomic E-state index is 11.5. The Morgan fingerprint density at radius 3 is 2.53 bits per heavy atom. The number of nitrogens with zero attached hydrogens (tertiary/aromatic N) is 1. The Labute approximate surface area is 112 Å². The lowest BCUT2D eigenvalue weighted by Gasteiger charge is -2.18. The van der Waals surface area contributed by atoms with Crippen molar-refractivity contribution in [2.75, 3.05) is 7.11 Å². The summed E-state index contributed by atoms with van der Waals surface area (Å²) < 4.78 is 7.33. The fourth-order valence-electron chi connectivity index (χ4n) is 2.41. The van der Waals surface area contributed by atoms with Gasteiger partial charge in [-0.3, -0.25) is 4.79 Å². The van der Waals surface area contributed by atoms with Gasteiger partial charge in [0.2, 0.25) is 0 Å². The van der Waals surface area contributed by atoms with E-state index >= 15 is 0 Å². The van der Waals surface area contributed by atoms with Gasteiger partial charge in [-0.15, -0.1) is 0 Å². The number of carboxylic acids is 1. The lowest BCUT2D eigenvalue weighted by molar-refractivity contribution is -0.142. The van der Waals surface area contributed by atoms with Crippen LogP contribution in [0.4, 0.5) is 0 Å². The Bertz CT molecular complexity index is 653. The van der Waals surface area contributed by atoms with E-state index in [0.717, 1.165) is 27.8 Å². The van der Waals surface area contributed by atoms with Crippen molar-refractivity contribution in [3.05, 3.63) is 29.5 Å². The summed E-state index contributed by atoms with van der Waals surface area (Å²) in [7, 11) is 3.53. The number of rotatable bonds is 3. The molecule has 0 radical (unpaired) electrons. The number of hydrogen-bond donors (Lipinski definition) is 1. The van der Waals surface area contributed by atoms with E-state index in [1.807, 2.05) is 36.9 Å². The molecule has 0 aliphatic heterocycles. The van der Waals surface area contributed by atoms with Gasteiger partial charge in [-0.05, 0) is 44.0 Å². The second kappa shape index (κ2) is 4.30. The van der Waals surface area contributed by atoms with E-state index in [2.05, 4.69) is 0 Å². The summed E-state index contributed by atoms with van der Waals surface area (Å²) >= 11 is 0. The van der Waals surface area contributed by atoms with Crippen LogP contribution in [0.2, 0.25) is 0 Å². The van der Waals surface area contributed by atoms with Crippen molar-refractivity contribution >= 4 is 16.9 Å². The molecule has 4 heteroatoms. The number of methoxy groups -OCH3 is 1. The van der Waals surface area contributed by atoms with E-state index in [0.29, 0.717) is 0 Å². The van der Waals surface area contributed by atoms with Crippen LogP contribution < -0.4 is 4.74 Å². The van der Waals surface area contributed by atoms with Crippen LogP contribution in [0.15, 0.2) is 18.3 Å². The predicted molar refractivity (Wildman–Crippen MR) is 74.9 cm³/mol. The van der Waals surface area contributed by atoms with Crippen molar-refractivity contribution in [1.29, 1.82) is 0 Å². The fourth-order valence-corrected chi connectivity index (χ4v) is 2.41. The van der Waals surface area contributed by atoms with Crippen LogP contribution in [0, 0.1) is 6.92 Å². The van der Waals surface area contributed by atoms with Crippen molar-refractivity contribution in [3.8, 4) is 5.75 Å². The summed E-state index contributed by atoms with van der Waals surface area (Å²) in [5.74, 6) is -0.0644. The van der Waals surface area contributed by atoms with Crippen molar-refractivity contribution in [2.24, 2.45) is 7.05 Å². The van der Waals surface area contributed by atoms with Crippen LogP contribution >= 0.6 is 0 Å². The lowest BCUT2D eigenvalue weighted by atomic mass is 9.84. The lowest BCUT2D eigenvalue weighted by Crippen LogP contribution is -2.28. The molecule has 1 heterocycles. The maximum Gasteiger partial charge on any atom is 0.313 e. The molecule has 19 heavy (non-hydrogen) atoms. The summed E-state index contributed by atoms with van der Waals surface area (Å²) in [5.41, 5.74) is 1.85. The molecule has 102 valence electrons. The normalized spacial score (nSPS) is 11.8. The first-order valence-corrected chi connectivity index (χ1v) is 6.16. The largest absolute Gasteiger partial charge is 0.495 e. The van der Waals surface area contributed by atoms with E-state index in [4.69, 9.17) is 4.74 Å². The molecule has 0 unspecified atom stereocenters. The van der Waals surface area contributed by atoms with E-state index in [1.54, 1.807) is 21.0 Å². The molecule has 1 aromatic carbocycles. The number of hydrogen-bond acceptors (Lipinski definition) is 2. The molecule has 0 atom stereocenters. The number of aliphatic carboxylic acids is 1. The standard InChI is InChI=1S/C15H19NO3/c1-9-6-10-11(15(2,3)14(17)18)8-16(4)13(10)12(7-9)19-5/h6-8H,1-5H3,(H,17,18). The minimum absolute atomic E-state index is 0.768. The molecule has 0 spiro atoms. The monoisotopic (exact) mass is 261 g/mol. The Morgan fingerprint density at radius 2 is 2.00 bits per heavy atom. The highest BCUT2D eigenvalue weighted by molar-refractivity contribution is 5.95. The van der Waals surface area contributed by atoms with Gasteiger partial charge >= 0.3 is 5.97 Å². The summed E-state index contributed by atoms with van der Waals surface area (Å²) in [6.45, 7) is 5.42. The zero-order valence-electron chi connectivity index (χ0n) is 11.9. The fraction of sp³-hybridized carbons (Fsp3) is 0.400. The Hall–Kier alpha value is -1.97. The average Bonchev–Trinajstić information content (AvgIpc) is 2.66. The van der Waals surface area contributed by atoms with Gasteiger partial charge in [0.25, 0.3) is 0 Å². The topological polar surface area (TPSA) is 51.5 Å². The van der Waals surface area contributed by atoms with Crippen molar-refractivity contribution < 1.29 is 14.6 Å². The molecular formula is C15H19NO3. The minimum atomic E-state index is -0.932. The highest BCUT2D eigenvalue weighted by Gasteiger charge is 2.33. The number of carbonyl (C=O) groups is 1. The van der Waals surface area contributed by atoms with Gasteiger partial charge in [-0.1, -0.05) is 0 Å². The summed E-state index contributed by atoms with van der Waals surface area (Å²) in [5, 5.41) is 10.4. The molecule has 0 aliphatic rings. The van der Waals surface area contributed by atoms with E-state index in [-0.39, 0.29) is 0 Å². The van der Waals surface area contributed by atoms with Gasteiger partial charge in [0.15, 0.2) is 0 Å². The zero-order chi connectivity index (χ0) is 14.4. The Kier molecular flexibility index (Phi) is 3.04. The molecule has 0 bridgehead atoms. The second-order valence-corrected chi connectivity index (χ2v) is 5.45. The first-order valence-electron chi connectivity index (χ1n) is 6.16. The van der Waals surface area contributed by atoms with Crippen LogP contribution in [-0.4, -0.2) is 22.8 Å². The van der Waals surface area contributed by atoms with Crippen molar-refractivity contribution in [2.45, 2.75) is 26.2 Å². The predicted octanol–water partition coefficient (Wildman–Crippen LogP) is 2.86. The van der Waals surface area contributed by atoms with Crippen molar-refractivity contribution in [3.63, 3.8) is 0 Å². The summed E-state index contributed by atoms with van der Waals surface area (Å²) in [4.78, 5) is 11.5. The number of aromatic nitrogens is 1. The number of fused-ring (bicyclic) bond motifs is 1. The third-order valence-corrected chi connectivity index (χ3v) is 3.61. The Morgan fingerprint density at radius 1 is 1.37 bits per heavy atom. The molecule has 1 aromatic heterocycles. The highest BCUT2D eigenvalue weighted by Crippen LogP contribution is 2.36. The molecule has 0 fully saturated rings. The van der Waals surface area contributed by atoms with Gasteiger partial charge < -0.3 is 14.4 Å². The smallest absolute Gasteiger partial charge is 0.313 e. The quantitative estimate of drug-likeness (QED) is 0.924.